The van der Waals surface area contributed by atoms with E-state index in [1.54, 1.807) is 0 Å². The number of likely N-dealkylation sites (tertiary alicyclic amines) is 1. The Morgan fingerprint density at radius 1 is 1.15 bits per heavy atom. The third-order valence-corrected chi connectivity index (χ3v) is 5.02. The Hall–Kier alpha value is -2.56. The van der Waals surface area contributed by atoms with Gasteiger partial charge in [0.15, 0.2) is 0 Å². The van der Waals surface area contributed by atoms with E-state index in [0.29, 0.717) is 25.4 Å². The average molecular weight is 367 g/mol. The van der Waals surface area contributed by atoms with Gasteiger partial charge in [0.2, 0.25) is 11.8 Å². The lowest BCUT2D eigenvalue weighted by Gasteiger charge is -2.32. The second kappa shape index (κ2) is 8.89. The minimum Gasteiger partial charge on any atom is -0.356 e. The maximum Gasteiger partial charge on any atom is 0.227 e. The molecule has 2 amide bonds. The van der Waals surface area contributed by atoms with Crippen molar-refractivity contribution in [2.75, 3.05) is 19.6 Å². The Balaban J connectivity index is 1.55. The van der Waals surface area contributed by atoms with Gasteiger partial charge in [-0.05, 0) is 48.6 Å². The molecule has 1 atom stereocenters. The normalized spacial score (nSPS) is 17.1. The molecule has 3 rings (SSSR count). The SMILES string of the molecule is CC(C)CNC(=O)[C@H]1CCCN(C(=O)Cc2ccc(-n3cccc3)cc2)C1. The van der Waals surface area contributed by atoms with Crippen LogP contribution in [-0.4, -0.2) is 40.9 Å². The summed E-state index contributed by atoms with van der Waals surface area (Å²) in [5.41, 5.74) is 2.08. The van der Waals surface area contributed by atoms with Crippen molar-refractivity contribution < 1.29 is 9.59 Å². The second-order valence-corrected chi connectivity index (χ2v) is 7.75. The summed E-state index contributed by atoms with van der Waals surface area (Å²) >= 11 is 0. The highest BCUT2D eigenvalue weighted by Crippen LogP contribution is 2.18. The fourth-order valence-corrected chi connectivity index (χ4v) is 3.45. The van der Waals surface area contributed by atoms with Crippen LogP contribution in [0.15, 0.2) is 48.8 Å². The summed E-state index contributed by atoms with van der Waals surface area (Å²) in [6.45, 7) is 6.13. The summed E-state index contributed by atoms with van der Waals surface area (Å²) < 4.78 is 2.04. The van der Waals surface area contributed by atoms with Crippen LogP contribution in [0.4, 0.5) is 0 Å². The fraction of sp³-hybridized carbons (Fsp3) is 0.455. The summed E-state index contributed by atoms with van der Waals surface area (Å²) in [6, 6.07) is 12.0. The minimum atomic E-state index is -0.0856. The summed E-state index contributed by atoms with van der Waals surface area (Å²) in [5.74, 6) is 0.532. The molecule has 1 aromatic heterocycles. The smallest absolute Gasteiger partial charge is 0.227 e. The van der Waals surface area contributed by atoms with Gasteiger partial charge in [-0.15, -0.1) is 0 Å². The molecule has 5 heteroatoms. The number of nitrogens with one attached hydrogen (secondary N) is 1. The van der Waals surface area contributed by atoms with Crippen LogP contribution in [0.25, 0.3) is 5.69 Å². The van der Waals surface area contributed by atoms with Gasteiger partial charge in [0, 0.05) is 37.7 Å². The van der Waals surface area contributed by atoms with E-state index in [1.165, 1.54) is 0 Å². The van der Waals surface area contributed by atoms with Gasteiger partial charge in [-0.25, -0.2) is 0 Å². The van der Waals surface area contributed by atoms with Crippen molar-refractivity contribution in [2.24, 2.45) is 11.8 Å². The molecule has 0 radical (unpaired) electrons. The number of carbonyl (C=O) groups excluding carboxylic acids is 2. The Morgan fingerprint density at radius 3 is 2.52 bits per heavy atom. The Labute approximate surface area is 161 Å². The highest BCUT2D eigenvalue weighted by molar-refractivity contribution is 5.82. The van der Waals surface area contributed by atoms with E-state index < -0.39 is 0 Å². The molecule has 0 bridgehead atoms. The fourth-order valence-electron chi connectivity index (χ4n) is 3.45. The van der Waals surface area contributed by atoms with Gasteiger partial charge in [0.25, 0.3) is 0 Å². The predicted molar refractivity (Wildman–Crippen MR) is 107 cm³/mol. The third kappa shape index (κ3) is 5.22. The molecule has 2 aromatic rings. The molecule has 144 valence electrons. The standard InChI is InChI=1S/C22H29N3O2/c1-17(2)15-23-22(27)19-6-5-13-25(16-19)21(26)14-18-7-9-20(10-8-18)24-11-3-4-12-24/h3-4,7-12,17,19H,5-6,13-16H2,1-2H3,(H,23,27)/t19-/m0/s1. The third-order valence-electron chi connectivity index (χ3n) is 5.02. The highest BCUT2D eigenvalue weighted by atomic mass is 16.2. The van der Waals surface area contributed by atoms with Crippen LogP contribution >= 0.6 is 0 Å². The molecule has 1 saturated heterocycles. The van der Waals surface area contributed by atoms with Crippen LogP contribution in [0.1, 0.15) is 32.3 Å². The maximum atomic E-state index is 12.7. The molecule has 1 fully saturated rings. The lowest BCUT2D eigenvalue weighted by atomic mass is 9.96. The molecule has 1 aliphatic heterocycles. The van der Waals surface area contributed by atoms with Crippen molar-refractivity contribution in [1.29, 1.82) is 0 Å². The van der Waals surface area contributed by atoms with Gasteiger partial charge in [-0.1, -0.05) is 26.0 Å². The van der Waals surface area contributed by atoms with Gasteiger partial charge in [-0.2, -0.15) is 0 Å². The molecule has 0 saturated carbocycles. The van der Waals surface area contributed by atoms with E-state index in [9.17, 15) is 9.59 Å². The number of amides is 2. The van der Waals surface area contributed by atoms with E-state index >= 15 is 0 Å². The number of aromatic nitrogens is 1. The first-order valence-corrected chi connectivity index (χ1v) is 9.80. The van der Waals surface area contributed by atoms with Gasteiger partial charge in [0.1, 0.15) is 0 Å². The van der Waals surface area contributed by atoms with E-state index in [4.69, 9.17) is 0 Å². The first kappa shape index (κ1) is 19.2. The number of carbonyl (C=O) groups is 2. The summed E-state index contributed by atoms with van der Waals surface area (Å²) in [6.07, 6.45) is 6.13. The van der Waals surface area contributed by atoms with E-state index in [2.05, 4.69) is 19.2 Å². The second-order valence-electron chi connectivity index (χ2n) is 7.75. The molecule has 1 N–H and O–H groups in total. The zero-order chi connectivity index (χ0) is 19.2. The van der Waals surface area contributed by atoms with Crippen LogP contribution in [-0.2, 0) is 16.0 Å². The zero-order valence-corrected chi connectivity index (χ0v) is 16.2. The van der Waals surface area contributed by atoms with Crippen molar-refractivity contribution in [3.63, 3.8) is 0 Å². The van der Waals surface area contributed by atoms with Crippen molar-refractivity contribution in [2.45, 2.75) is 33.1 Å². The van der Waals surface area contributed by atoms with E-state index in [-0.39, 0.29) is 17.7 Å². The number of nitrogens with zero attached hydrogens (tertiary/aromatic N) is 2. The summed E-state index contributed by atoms with van der Waals surface area (Å²) in [7, 11) is 0. The first-order valence-electron chi connectivity index (χ1n) is 9.80. The van der Waals surface area contributed by atoms with Crippen molar-refractivity contribution >= 4 is 11.8 Å². The monoisotopic (exact) mass is 367 g/mol. The van der Waals surface area contributed by atoms with Crippen molar-refractivity contribution in [3.05, 3.63) is 54.4 Å². The highest BCUT2D eigenvalue weighted by Gasteiger charge is 2.28. The number of piperidine rings is 1. The zero-order valence-electron chi connectivity index (χ0n) is 16.2. The molecule has 0 unspecified atom stereocenters. The van der Waals surface area contributed by atoms with Gasteiger partial charge >= 0.3 is 0 Å². The lowest BCUT2D eigenvalue weighted by Crippen LogP contribution is -2.46. The van der Waals surface area contributed by atoms with Crippen molar-refractivity contribution in [1.82, 2.24) is 14.8 Å². The molecular formula is C22H29N3O2. The number of rotatable bonds is 6. The molecular weight excluding hydrogens is 338 g/mol. The van der Waals surface area contributed by atoms with Crippen LogP contribution in [0, 0.1) is 11.8 Å². The Morgan fingerprint density at radius 2 is 1.85 bits per heavy atom. The number of hydrogen-bond acceptors (Lipinski definition) is 2. The summed E-state index contributed by atoms with van der Waals surface area (Å²) in [4.78, 5) is 26.9. The topological polar surface area (TPSA) is 54.3 Å². The summed E-state index contributed by atoms with van der Waals surface area (Å²) in [5, 5.41) is 3.00. The minimum absolute atomic E-state index is 0.0808. The van der Waals surface area contributed by atoms with Crippen LogP contribution < -0.4 is 5.32 Å². The molecule has 1 aliphatic rings. The quantitative estimate of drug-likeness (QED) is 0.853. The van der Waals surface area contributed by atoms with Gasteiger partial charge in [0.05, 0.1) is 12.3 Å². The average Bonchev–Trinajstić information content (AvgIpc) is 3.21. The van der Waals surface area contributed by atoms with E-state index in [1.807, 2.05) is 58.3 Å². The number of hydrogen-bond donors (Lipinski definition) is 1. The number of benzene rings is 1. The molecule has 1 aromatic carbocycles. The molecule has 2 heterocycles. The van der Waals surface area contributed by atoms with Crippen LogP contribution in [0.2, 0.25) is 0 Å². The Bertz CT molecular complexity index is 750. The molecule has 27 heavy (non-hydrogen) atoms. The molecule has 5 nitrogen and oxygen atoms in total. The van der Waals surface area contributed by atoms with Crippen LogP contribution in [0.3, 0.4) is 0 Å². The maximum absolute atomic E-state index is 12.7. The largest absolute Gasteiger partial charge is 0.356 e. The van der Waals surface area contributed by atoms with Crippen molar-refractivity contribution in [3.8, 4) is 5.69 Å². The Kier molecular flexibility index (Phi) is 6.32. The van der Waals surface area contributed by atoms with Gasteiger partial charge in [-0.3, -0.25) is 9.59 Å². The van der Waals surface area contributed by atoms with Gasteiger partial charge < -0.3 is 14.8 Å². The molecule has 0 spiro atoms. The van der Waals surface area contributed by atoms with Crippen LogP contribution in [0.5, 0.6) is 0 Å². The lowest BCUT2D eigenvalue weighted by molar-refractivity contribution is -0.135. The first-order chi connectivity index (χ1) is 13.0. The predicted octanol–water partition coefficient (Wildman–Crippen LogP) is 3.03. The molecule has 0 aliphatic carbocycles. The van der Waals surface area contributed by atoms with E-state index in [0.717, 1.165) is 30.6 Å².